The van der Waals surface area contributed by atoms with Gasteiger partial charge in [-0.1, -0.05) is 24.3 Å². The van der Waals surface area contributed by atoms with E-state index in [-0.39, 0.29) is 12.4 Å². The molecule has 1 aromatic rings. The minimum absolute atomic E-state index is 0. The van der Waals surface area contributed by atoms with Gasteiger partial charge in [0.15, 0.2) is 0 Å². The summed E-state index contributed by atoms with van der Waals surface area (Å²) in [5.41, 5.74) is 2.85. The summed E-state index contributed by atoms with van der Waals surface area (Å²) in [6.07, 6.45) is 7.49. The highest BCUT2D eigenvalue weighted by Crippen LogP contribution is 2.41. The van der Waals surface area contributed by atoms with E-state index in [2.05, 4.69) is 34.5 Å². The summed E-state index contributed by atoms with van der Waals surface area (Å²) in [6, 6.07) is 9.53. The molecule has 1 saturated carbocycles. The monoisotopic (exact) mass is 322 g/mol. The molecule has 1 N–H and O–H groups in total. The number of rotatable bonds is 6. The Balaban J connectivity index is 0.00000176. The van der Waals surface area contributed by atoms with Crippen molar-refractivity contribution in [3.8, 4) is 0 Å². The van der Waals surface area contributed by atoms with Crippen LogP contribution >= 0.6 is 12.4 Å². The first-order valence-electron chi connectivity index (χ1n) is 8.35. The molecule has 2 aliphatic rings. The SMILES string of the molecule is CNCCCC(=O)N(C1CC1)C1CCCc2ccccc21.Cl. The van der Waals surface area contributed by atoms with E-state index < -0.39 is 0 Å². The van der Waals surface area contributed by atoms with Crippen molar-refractivity contribution in [3.63, 3.8) is 0 Å². The average Bonchev–Trinajstić information content (AvgIpc) is 3.33. The third-order valence-corrected chi connectivity index (χ3v) is 4.72. The molecule has 0 bridgehead atoms. The van der Waals surface area contributed by atoms with Crippen LogP contribution < -0.4 is 5.32 Å². The Morgan fingerprint density at radius 3 is 2.77 bits per heavy atom. The molecule has 0 aromatic heterocycles. The second kappa shape index (κ2) is 7.98. The molecule has 0 radical (unpaired) electrons. The molecule has 122 valence electrons. The van der Waals surface area contributed by atoms with E-state index in [1.807, 2.05) is 7.05 Å². The molecule has 0 spiro atoms. The molecular weight excluding hydrogens is 296 g/mol. The summed E-state index contributed by atoms with van der Waals surface area (Å²) >= 11 is 0. The normalized spacial score (nSPS) is 20.0. The third kappa shape index (κ3) is 3.82. The number of nitrogens with one attached hydrogen (secondary N) is 1. The summed E-state index contributed by atoms with van der Waals surface area (Å²) < 4.78 is 0. The summed E-state index contributed by atoms with van der Waals surface area (Å²) in [4.78, 5) is 14.9. The van der Waals surface area contributed by atoms with Gasteiger partial charge in [0.2, 0.25) is 5.91 Å². The molecule has 1 aromatic carbocycles. The first-order valence-corrected chi connectivity index (χ1v) is 8.35. The van der Waals surface area contributed by atoms with Crippen molar-refractivity contribution in [2.24, 2.45) is 0 Å². The van der Waals surface area contributed by atoms with Gasteiger partial charge in [0.25, 0.3) is 0 Å². The summed E-state index contributed by atoms with van der Waals surface area (Å²) in [5, 5.41) is 3.13. The summed E-state index contributed by atoms with van der Waals surface area (Å²) in [5.74, 6) is 0.356. The number of carbonyl (C=O) groups excluding carboxylic acids is 1. The van der Waals surface area contributed by atoms with Gasteiger partial charge in [-0.25, -0.2) is 0 Å². The molecule has 3 rings (SSSR count). The Hall–Kier alpha value is -1.06. The van der Waals surface area contributed by atoms with Crippen LogP contribution in [0, 0.1) is 0 Å². The van der Waals surface area contributed by atoms with Crippen molar-refractivity contribution in [2.75, 3.05) is 13.6 Å². The predicted octanol–water partition coefficient (Wildman–Crippen LogP) is 3.48. The van der Waals surface area contributed by atoms with Gasteiger partial charge in [-0.3, -0.25) is 4.79 Å². The Morgan fingerprint density at radius 1 is 1.27 bits per heavy atom. The van der Waals surface area contributed by atoms with Crippen LogP contribution in [0.4, 0.5) is 0 Å². The van der Waals surface area contributed by atoms with Gasteiger partial charge >= 0.3 is 0 Å². The largest absolute Gasteiger partial charge is 0.333 e. The van der Waals surface area contributed by atoms with E-state index in [1.54, 1.807) is 0 Å². The second-order valence-electron chi connectivity index (χ2n) is 6.35. The van der Waals surface area contributed by atoms with Gasteiger partial charge in [-0.05, 0) is 63.2 Å². The number of halogens is 1. The molecule has 0 heterocycles. The Bertz CT molecular complexity index is 502. The number of carbonyl (C=O) groups is 1. The number of fused-ring (bicyclic) bond motifs is 1. The van der Waals surface area contributed by atoms with Crippen LogP contribution in [0.15, 0.2) is 24.3 Å². The number of amides is 1. The molecule has 3 nitrogen and oxygen atoms in total. The smallest absolute Gasteiger partial charge is 0.223 e. The van der Waals surface area contributed by atoms with Crippen LogP contribution in [0.2, 0.25) is 0 Å². The number of benzene rings is 1. The highest BCUT2D eigenvalue weighted by Gasteiger charge is 2.38. The lowest BCUT2D eigenvalue weighted by atomic mass is 9.86. The molecule has 2 aliphatic carbocycles. The van der Waals surface area contributed by atoms with Gasteiger partial charge in [-0.15, -0.1) is 12.4 Å². The van der Waals surface area contributed by atoms with Gasteiger partial charge < -0.3 is 10.2 Å². The van der Waals surface area contributed by atoms with E-state index in [4.69, 9.17) is 0 Å². The third-order valence-electron chi connectivity index (χ3n) is 4.72. The average molecular weight is 323 g/mol. The molecule has 1 amide bonds. The topological polar surface area (TPSA) is 32.3 Å². The first-order chi connectivity index (χ1) is 10.3. The maximum absolute atomic E-state index is 12.7. The zero-order chi connectivity index (χ0) is 14.7. The fourth-order valence-corrected chi connectivity index (χ4v) is 3.55. The lowest BCUT2D eigenvalue weighted by Gasteiger charge is -2.36. The summed E-state index contributed by atoms with van der Waals surface area (Å²) in [6.45, 7) is 0.922. The molecule has 0 saturated heterocycles. The lowest BCUT2D eigenvalue weighted by molar-refractivity contribution is -0.134. The minimum Gasteiger partial charge on any atom is -0.333 e. The highest BCUT2D eigenvalue weighted by atomic mass is 35.5. The van der Waals surface area contributed by atoms with Gasteiger partial charge in [-0.2, -0.15) is 0 Å². The van der Waals surface area contributed by atoms with Crippen LogP contribution in [0.25, 0.3) is 0 Å². The van der Waals surface area contributed by atoms with Crippen molar-refractivity contribution in [1.82, 2.24) is 10.2 Å². The molecule has 1 unspecified atom stereocenters. The molecule has 1 fully saturated rings. The number of hydrogen-bond donors (Lipinski definition) is 1. The molecule has 1 atom stereocenters. The van der Waals surface area contributed by atoms with Crippen LogP contribution in [0.1, 0.15) is 55.7 Å². The van der Waals surface area contributed by atoms with Crippen molar-refractivity contribution in [3.05, 3.63) is 35.4 Å². The molecule has 4 heteroatoms. The van der Waals surface area contributed by atoms with Gasteiger partial charge in [0.1, 0.15) is 0 Å². The van der Waals surface area contributed by atoms with Crippen molar-refractivity contribution < 1.29 is 4.79 Å². The second-order valence-corrected chi connectivity index (χ2v) is 6.35. The quantitative estimate of drug-likeness (QED) is 0.813. The van der Waals surface area contributed by atoms with Crippen LogP contribution in [0.5, 0.6) is 0 Å². The maximum Gasteiger partial charge on any atom is 0.223 e. The van der Waals surface area contributed by atoms with E-state index in [1.165, 1.54) is 36.8 Å². The van der Waals surface area contributed by atoms with Gasteiger partial charge in [0, 0.05) is 12.5 Å². The zero-order valence-electron chi connectivity index (χ0n) is 13.4. The van der Waals surface area contributed by atoms with Crippen LogP contribution in [0.3, 0.4) is 0 Å². The molecule has 22 heavy (non-hydrogen) atoms. The van der Waals surface area contributed by atoms with Crippen LogP contribution in [-0.4, -0.2) is 30.4 Å². The lowest BCUT2D eigenvalue weighted by Crippen LogP contribution is -2.38. The maximum atomic E-state index is 12.7. The Kier molecular flexibility index (Phi) is 6.27. The first kappa shape index (κ1) is 17.3. The number of nitrogens with zero attached hydrogens (tertiary/aromatic N) is 1. The van der Waals surface area contributed by atoms with E-state index in [9.17, 15) is 4.79 Å². The fourth-order valence-electron chi connectivity index (χ4n) is 3.55. The van der Waals surface area contributed by atoms with E-state index in [0.29, 0.717) is 24.4 Å². The fraction of sp³-hybridized carbons (Fsp3) is 0.611. The minimum atomic E-state index is 0. The predicted molar refractivity (Wildman–Crippen MR) is 92.4 cm³/mol. The van der Waals surface area contributed by atoms with E-state index >= 15 is 0 Å². The number of hydrogen-bond acceptors (Lipinski definition) is 2. The highest BCUT2D eigenvalue weighted by molar-refractivity contribution is 5.85. The summed E-state index contributed by atoms with van der Waals surface area (Å²) in [7, 11) is 1.94. The Morgan fingerprint density at radius 2 is 2.05 bits per heavy atom. The van der Waals surface area contributed by atoms with Crippen LogP contribution in [-0.2, 0) is 11.2 Å². The molecule has 0 aliphatic heterocycles. The zero-order valence-corrected chi connectivity index (χ0v) is 14.2. The molecular formula is C18H27ClN2O. The van der Waals surface area contributed by atoms with Crippen molar-refractivity contribution in [2.45, 2.75) is 57.0 Å². The van der Waals surface area contributed by atoms with Crippen molar-refractivity contribution >= 4 is 18.3 Å². The Labute approximate surface area is 139 Å². The van der Waals surface area contributed by atoms with Crippen molar-refractivity contribution in [1.29, 1.82) is 0 Å². The van der Waals surface area contributed by atoms with E-state index in [0.717, 1.165) is 19.4 Å². The standard InChI is InChI=1S/C18H26N2O.ClH/c1-19-13-5-10-18(21)20(15-11-12-15)17-9-4-7-14-6-2-3-8-16(14)17;/h2-3,6,8,15,17,19H,4-5,7,9-13H2,1H3;1H. The number of aryl methyl sites for hydroxylation is 1. The van der Waals surface area contributed by atoms with Gasteiger partial charge in [0.05, 0.1) is 6.04 Å².